The van der Waals surface area contributed by atoms with Gasteiger partial charge >= 0.3 is 0 Å². The van der Waals surface area contributed by atoms with Crippen LogP contribution in [0.3, 0.4) is 0 Å². The summed E-state index contributed by atoms with van der Waals surface area (Å²) in [5, 5.41) is 0. The minimum Gasteiger partial charge on any atom is -0.282 e. The average molecular weight is 605 g/mol. The molecule has 3 nitrogen and oxygen atoms in total. The lowest BCUT2D eigenvalue weighted by Crippen LogP contribution is -2.43. The van der Waals surface area contributed by atoms with Gasteiger partial charge in [-0.1, -0.05) is 58.4 Å². The molecule has 4 heteroatoms. The molecule has 0 amide bonds. The Bertz CT molecular complexity index is 1430. The quantitative estimate of drug-likeness (QED) is 0.275. The molecule has 1 aromatic rings. The maximum Gasteiger partial charge on any atom is 0.295 e. The van der Waals surface area contributed by atoms with Crippen LogP contribution in [0.15, 0.2) is 28.7 Å². The normalized spacial score (nSPS) is 48.7. The fraction of sp³-hybridized carbons (Fsp3) is 0.795. The van der Waals surface area contributed by atoms with Crippen molar-refractivity contribution in [2.24, 2.45) is 53.3 Å². The second kappa shape index (κ2) is 9.69. The van der Waals surface area contributed by atoms with E-state index in [-0.39, 0.29) is 16.2 Å². The van der Waals surface area contributed by atoms with Crippen molar-refractivity contribution >= 4 is 10.1 Å². The van der Waals surface area contributed by atoms with Crippen LogP contribution >= 0.6 is 0 Å². The van der Waals surface area contributed by atoms with Crippen molar-refractivity contribution in [1.82, 2.24) is 0 Å². The van der Waals surface area contributed by atoms with Crippen molar-refractivity contribution in [1.29, 1.82) is 0 Å². The van der Waals surface area contributed by atoms with Gasteiger partial charge in [0.05, 0.1) is 0 Å². The minimum absolute atomic E-state index is 0.0689. The zero-order valence-corrected chi connectivity index (χ0v) is 28.3. The van der Waals surface area contributed by atoms with Gasteiger partial charge in [-0.3, -0.25) is 4.55 Å². The Morgan fingerprint density at radius 3 is 2.00 bits per heavy atom. The Morgan fingerprint density at radius 2 is 1.35 bits per heavy atom. The summed E-state index contributed by atoms with van der Waals surface area (Å²) in [5.41, 5.74) is 4.65. The standard InChI is InChI=1S/C39H56O3S/c1-23-6-27-10-28(7-23)19-37(4,18-27)34-14-32(39-16-24(2)8-26(21-39)9-25(3)17-39)15-35(36(34)43(40,41)42)38(5)20-29-11-30-13-31(22-38)33(30)12-29/h8,14-15,23-25,27-31,33H,6-7,9-13,16-22H2,1-5H3,(H,40,41,42). The Balaban J connectivity index is 1.35. The van der Waals surface area contributed by atoms with Crippen molar-refractivity contribution in [3.05, 3.63) is 40.5 Å². The fourth-order valence-corrected chi connectivity index (χ4v) is 15.0. The van der Waals surface area contributed by atoms with Gasteiger partial charge in [-0.25, -0.2) is 0 Å². The van der Waals surface area contributed by atoms with Gasteiger partial charge in [-0.05, 0) is 176 Å². The van der Waals surface area contributed by atoms with Crippen molar-refractivity contribution in [2.45, 2.75) is 146 Å². The molecule has 0 aromatic heterocycles. The van der Waals surface area contributed by atoms with Gasteiger partial charge in [0.1, 0.15) is 4.90 Å². The van der Waals surface area contributed by atoms with Crippen molar-refractivity contribution in [3.8, 4) is 0 Å². The summed E-state index contributed by atoms with van der Waals surface area (Å²) in [6.45, 7) is 12.0. The van der Waals surface area contributed by atoms with Gasteiger partial charge in [0.25, 0.3) is 10.1 Å². The third-order valence-electron chi connectivity index (χ3n) is 14.5. The molecule has 10 atom stereocenters. The molecule has 43 heavy (non-hydrogen) atoms. The summed E-state index contributed by atoms with van der Waals surface area (Å²) >= 11 is 0. The summed E-state index contributed by atoms with van der Waals surface area (Å²) < 4.78 is 38.9. The lowest BCUT2D eigenvalue weighted by molar-refractivity contribution is 0.0688. The van der Waals surface area contributed by atoms with E-state index in [4.69, 9.17) is 0 Å². The minimum atomic E-state index is -4.41. The summed E-state index contributed by atoms with van der Waals surface area (Å²) in [4.78, 5) is 0.336. The van der Waals surface area contributed by atoms with E-state index in [9.17, 15) is 13.0 Å². The van der Waals surface area contributed by atoms with E-state index in [1.54, 1.807) is 5.57 Å². The molecule has 7 aliphatic rings. The van der Waals surface area contributed by atoms with Crippen LogP contribution in [0, 0.1) is 53.3 Å². The zero-order chi connectivity index (χ0) is 30.1. The third-order valence-corrected chi connectivity index (χ3v) is 15.5. The number of fused-ring (bicyclic) bond motifs is 5. The highest BCUT2D eigenvalue weighted by Crippen LogP contribution is 2.64. The van der Waals surface area contributed by atoms with Crippen LogP contribution in [-0.2, 0) is 26.4 Å². The van der Waals surface area contributed by atoms with Gasteiger partial charge in [-0.15, -0.1) is 0 Å². The molecule has 0 aliphatic heterocycles. The predicted molar refractivity (Wildman–Crippen MR) is 174 cm³/mol. The van der Waals surface area contributed by atoms with Gasteiger partial charge in [0.2, 0.25) is 0 Å². The van der Waals surface area contributed by atoms with Crippen LogP contribution in [-0.4, -0.2) is 13.0 Å². The van der Waals surface area contributed by atoms with Gasteiger partial charge in [0, 0.05) is 0 Å². The summed E-state index contributed by atoms with van der Waals surface area (Å²) in [5.74, 6) is 6.44. The third kappa shape index (κ3) is 4.76. The predicted octanol–water partition coefficient (Wildman–Crippen LogP) is 9.77. The topological polar surface area (TPSA) is 54.4 Å². The van der Waals surface area contributed by atoms with Crippen LogP contribution in [0.1, 0.15) is 141 Å². The molecule has 1 N–H and O–H groups in total. The second-order valence-corrected chi connectivity index (χ2v) is 20.0. The molecule has 8 rings (SSSR count). The molecule has 1 aromatic carbocycles. The van der Waals surface area contributed by atoms with E-state index in [0.29, 0.717) is 40.4 Å². The second-order valence-electron chi connectivity index (χ2n) is 18.6. The Labute approximate surface area is 261 Å². The summed E-state index contributed by atoms with van der Waals surface area (Å²) in [6.07, 6.45) is 19.3. The molecule has 0 heterocycles. The monoisotopic (exact) mass is 604 g/mol. The van der Waals surface area contributed by atoms with Gasteiger partial charge < -0.3 is 0 Å². The number of hydrogen-bond acceptors (Lipinski definition) is 2. The van der Waals surface area contributed by atoms with Crippen molar-refractivity contribution in [3.63, 3.8) is 0 Å². The number of benzene rings is 1. The van der Waals surface area contributed by atoms with Gasteiger partial charge in [0.15, 0.2) is 0 Å². The van der Waals surface area contributed by atoms with E-state index in [0.717, 1.165) is 67.4 Å². The van der Waals surface area contributed by atoms with E-state index < -0.39 is 10.1 Å². The first-order valence-corrected chi connectivity index (χ1v) is 19.5. The van der Waals surface area contributed by atoms with Crippen LogP contribution < -0.4 is 0 Å². The van der Waals surface area contributed by atoms with E-state index >= 15 is 0 Å². The first-order valence-electron chi connectivity index (χ1n) is 18.1. The largest absolute Gasteiger partial charge is 0.295 e. The highest BCUT2D eigenvalue weighted by Gasteiger charge is 2.55. The molecular formula is C39H56O3S. The summed E-state index contributed by atoms with van der Waals surface area (Å²) in [6, 6.07) is 4.75. The SMILES string of the molecule is CC1C=C2CC(C)CC(c3cc(C4(C)CC5CC(C)CC(C5)C4)c(S(=O)(=O)O)c(C4(C)CC5CC6CC(C4)C6C5)c3)(C2)C1. The maximum absolute atomic E-state index is 13.8. The molecule has 0 radical (unpaired) electrons. The van der Waals surface area contributed by atoms with Crippen LogP contribution in [0.5, 0.6) is 0 Å². The van der Waals surface area contributed by atoms with Gasteiger partial charge in [-0.2, -0.15) is 8.42 Å². The molecule has 6 saturated carbocycles. The lowest BCUT2D eigenvalue weighted by Gasteiger charge is -2.51. The molecule has 0 spiro atoms. The molecule has 0 saturated heterocycles. The first-order chi connectivity index (χ1) is 20.2. The average Bonchev–Trinajstić information content (AvgIpc) is 3.12. The molecule has 10 unspecified atom stereocenters. The Hall–Kier alpha value is -1.13. The molecule has 7 aliphatic carbocycles. The molecule has 6 bridgehead atoms. The van der Waals surface area contributed by atoms with E-state index in [1.165, 1.54) is 56.9 Å². The van der Waals surface area contributed by atoms with Crippen LogP contribution in [0.2, 0.25) is 0 Å². The molecular weight excluding hydrogens is 548 g/mol. The maximum atomic E-state index is 13.8. The Kier molecular flexibility index (Phi) is 6.60. The highest BCUT2D eigenvalue weighted by molar-refractivity contribution is 7.86. The zero-order valence-electron chi connectivity index (χ0n) is 27.5. The summed E-state index contributed by atoms with van der Waals surface area (Å²) in [7, 11) is -4.41. The van der Waals surface area contributed by atoms with Crippen LogP contribution in [0.25, 0.3) is 0 Å². The van der Waals surface area contributed by atoms with Crippen molar-refractivity contribution in [2.75, 3.05) is 0 Å². The van der Waals surface area contributed by atoms with E-state index in [1.807, 2.05) is 0 Å². The Morgan fingerprint density at radius 1 is 0.721 bits per heavy atom. The van der Waals surface area contributed by atoms with Crippen LogP contribution in [0.4, 0.5) is 0 Å². The smallest absolute Gasteiger partial charge is 0.282 e. The highest BCUT2D eigenvalue weighted by atomic mass is 32.2. The first kappa shape index (κ1) is 29.3. The fourth-order valence-electron chi connectivity index (χ4n) is 13.8. The van der Waals surface area contributed by atoms with E-state index in [2.05, 4.69) is 52.8 Å². The molecule has 6 fully saturated rings. The lowest BCUT2D eigenvalue weighted by atomic mass is 9.54. The number of hydrogen-bond donors (Lipinski definition) is 1. The van der Waals surface area contributed by atoms with Crippen molar-refractivity contribution < 1.29 is 13.0 Å². The molecule has 236 valence electrons. The number of rotatable bonds is 4. The number of allylic oxidation sites excluding steroid dienone is 2.